The number of carbonyl (C=O) groups is 2. The van der Waals surface area contributed by atoms with Crippen LogP contribution in [0.4, 0.5) is 0 Å². The van der Waals surface area contributed by atoms with Crippen LogP contribution in [0.5, 0.6) is 5.75 Å². The molecule has 0 aliphatic heterocycles. The van der Waals surface area contributed by atoms with Gasteiger partial charge in [0.15, 0.2) is 0 Å². The molecule has 0 heterocycles. The molecule has 0 aliphatic rings. The summed E-state index contributed by atoms with van der Waals surface area (Å²) in [6.45, 7) is 2.50. The van der Waals surface area contributed by atoms with Crippen molar-refractivity contribution in [1.29, 1.82) is 0 Å². The summed E-state index contributed by atoms with van der Waals surface area (Å²) in [5, 5.41) is 5.45. The van der Waals surface area contributed by atoms with E-state index in [2.05, 4.69) is 26.6 Å². The fourth-order valence-electron chi connectivity index (χ4n) is 1.51. The molecular weight excluding hydrogens is 312 g/mol. The molecule has 2 amide bonds. The smallest absolute Gasteiger partial charge is 0.255 e. The maximum atomic E-state index is 12.0. The van der Waals surface area contributed by atoms with Crippen LogP contribution in [-0.2, 0) is 4.79 Å². The molecule has 0 atom stereocenters. The Morgan fingerprint density at radius 1 is 1.26 bits per heavy atom. The molecule has 5 nitrogen and oxygen atoms in total. The minimum Gasteiger partial charge on any atom is -0.496 e. The van der Waals surface area contributed by atoms with Crippen molar-refractivity contribution < 1.29 is 14.3 Å². The molecule has 0 aromatic heterocycles. The Bertz CT molecular complexity index is 463. The van der Waals surface area contributed by atoms with Crippen molar-refractivity contribution in [2.75, 3.05) is 20.2 Å². The van der Waals surface area contributed by atoms with Crippen molar-refractivity contribution in [2.24, 2.45) is 0 Å². The molecule has 1 aromatic rings. The molecule has 0 radical (unpaired) electrons. The summed E-state index contributed by atoms with van der Waals surface area (Å²) in [5.74, 6) is 0.267. The number of carbonyl (C=O) groups excluding carboxylic acids is 2. The summed E-state index contributed by atoms with van der Waals surface area (Å²) in [6.07, 6.45) is 0.682. The lowest BCUT2D eigenvalue weighted by molar-refractivity contribution is -0.118. The van der Waals surface area contributed by atoms with E-state index in [-0.39, 0.29) is 11.8 Å². The first kappa shape index (κ1) is 15.5. The van der Waals surface area contributed by atoms with Gasteiger partial charge in [-0.2, -0.15) is 0 Å². The van der Waals surface area contributed by atoms with Crippen LogP contribution >= 0.6 is 15.9 Å². The SMILES string of the molecule is COc1ccc(Br)cc1C(=O)NCCCNC(C)=O. The van der Waals surface area contributed by atoms with Gasteiger partial charge in [-0.05, 0) is 24.6 Å². The number of ether oxygens (including phenoxy) is 1. The fourth-order valence-corrected chi connectivity index (χ4v) is 1.87. The van der Waals surface area contributed by atoms with Gasteiger partial charge >= 0.3 is 0 Å². The number of methoxy groups -OCH3 is 1. The average molecular weight is 329 g/mol. The highest BCUT2D eigenvalue weighted by molar-refractivity contribution is 9.10. The normalized spacial score (nSPS) is 9.84. The molecule has 1 aromatic carbocycles. The van der Waals surface area contributed by atoms with Crippen molar-refractivity contribution in [2.45, 2.75) is 13.3 Å². The van der Waals surface area contributed by atoms with E-state index in [9.17, 15) is 9.59 Å². The van der Waals surface area contributed by atoms with Gasteiger partial charge < -0.3 is 15.4 Å². The van der Waals surface area contributed by atoms with E-state index in [0.29, 0.717) is 30.8 Å². The van der Waals surface area contributed by atoms with Crippen LogP contribution in [0.1, 0.15) is 23.7 Å². The molecule has 0 spiro atoms. The van der Waals surface area contributed by atoms with Gasteiger partial charge in [-0.1, -0.05) is 15.9 Å². The van der Waals surface area contributed by atoms with E-state index >= 15 is 0 Å². The highest BCUT2D eigenvalue weighted by Gasteiger charge is 2.11. The monoisotopic (exact) mass is 328 g/mol. The molecule has 1 rings (SSSR count). The Morgan fingerprint density at radius 2 is 1.95 bits per heavy atom. The molecule has 0 fully saturated rings. The van der Waals surface area contributed by atoms with E-state index in [1.54, 1.807) is 12.1 Å². The molecule has 0 saturated heterocycles. The minimum atomic E-state index is -0.194. The summed E-state index contributed by atoms with van der Waals surface area (Å²) in [6, 6.07) is 5.25. The summed E-state index contributed by atoms with van der Waals surface area (Å²) < 4.78 is 5.96. The Kier molecular flexibility index (Phi) is 6.35. The van der Waals surface area contributed by atoms with E-state index in [1.165, 1.54) is 14.0 Å². The number of nitrogens with one attached hydrogen (secondary N) is 2. The Hall–Kier alpha value is -1.56. The lowest BCUT2D eigenvalue weighted by atomic mass is 10.2. The van der Waals surface area contributed by atoms with Crippen molar-refractivity contribution >= 4 is 27.7 Å². The van der Waals surface area contributed by atoms with Crippen LogP contribution in [0.3, 0.4) is 0 Å². The average Bonchev–Trinajstić information content (AvgIpc) is 2.37. The summed E-state index contributed by atoms with van der Waals surface area (Å²) in [5.41, 5.74) is 0.483. The summed E-state index contributed by atoms with van der Waals surface area (Å²) in [7, 11) is 1.52. The van der Waals surface area contributed by atoms with Crippen molar-refractivity contribution in [3.63, 3.8) is 0 Å². The maximum absolute atomic E-state index is 12.0. The quantitative estimate of drug-likeness (QED) is 0.781. The molecule has 104 valence electrons. The molecule has 0 saturated carbocycles. The second kappa shape index (κ2) is 7.78. The molecular formula is C13H17BrN2O3. The zero-order valence-electron chi connectivity index (χ0n) is 11.0. The van der Waals surface area contributed by atoms with Crippen LogP contribution in [-0.4, -0.2) is 32.0 Å². The first-order chi connectivity index (χ1) is 9.04. The molecule has 19 heavy (non-hydrogen) atoms. The highest BCUT2D eigenvalue weighted by Crippen LogP contribution is 2.22. The van der Waals surface area contributed by atoms with Crippen LogP contribution in [0.15, 0.2) is 22.7 Å². The van der Waals surface area contributed by atoms with Crippen LogP contribution in [0, 0.1) is 0 Å². The maximum Gasteiger partial charge on any atom is 0.255 e. The predicted molar refractivity (Wildman–Crippen MR) is 76.3 cm³/mol. The van der Waals surface area contributed by atoms with E-state index in [4.69, 9.17) is 4.74 Å². The van der Waals surface area contributed by atoms with Gasteiger partial charge in [0.05, 0.1) is 12.7 Å². The van der Waals surface area contributed by atoms with Gasteiger partial charge in [0.2, 0.25) is 5.91 Å². The number of hydrogen-bond acceptors (Lipinski definition) is 3. The lowest BCUT2D eigenvalue weighted by Gasteiger charge is -2.10. The standard InChI is InChI=1S/C13H17BrN2O3/c1-9(17)15-6-3-7-16-13(18)11-8-10(14)4-5-12(11)19-2/h4-5,8H,3,6-7H2,1-2H3,(H,15,17)(H,16,18). The number of hydrogen-bond donors (Lipinski definition) is 2. The summed E-state index contributed by atoms with van der Waals surface area (Å²) >= 11 is 3.32. The largest absolute Gasteiger partial charge is 0.496 e. The molecule has 6 heteroatoms. The predicted octanol–water partition coefficient (Wildman–Crippen LogP) is 1.71. The minimum absolute atomic E-state index is 0.0695. The lowest BCUT2D eigenvalue weighted by Crippen LogP contribution is -2.29. The number of rotatable bonds is 6. The third-order valence-electron chi connectivity index (χ3n) is 2.42. The van der Waals surface area contributed by atoms with E-state index in [1.807, 2.05) is 6.07 Å². The van der Waals surface area contributed by atoms with E-state index in [0.717, 1.165) is 4.47 Å². The van der Waals surface area contributed by atoms with Crippen molar-refractivity contribution in [1.82, 2.24) is 10.6 Å². The Labute approximate surface area is 120 Å². The first-order valence-corrected chi connectivity index (χ1v) is 6.70. The molecule has 0 unspecified atom stereocenters. The van der Waals surface area contributed by atoms with Crippen LogP contribution < -0.4 is 15.4 Å². The van der Waals surface area contributed by atoms with Crippen molar-refractivity contribution in [3.8, 4) is 5.75 Å². The Morgan fingerprint density at radius 3 is 2.58 bits per heavy atom. The zero-order chi connectivity index (χ0) is 14.3. The van der Waals surface area contributed by atoms with Gasteiger partial charge in [-0.3, -0.25) is 9.59 Å². The van der Waals surface area contributed by atoms with Crippen molar-refractivity contribution in [3.05, 3.63) is 28.2 Å². The Balaban J connectivity index is 2.49. The van der Waals surface area contributed by atoms with Gasteiger partial charge in [0.25, 0.3) is 5.91 Å². The second-order valence-corrected chi connectivity index (χ2v) is 4.85. The van der Waals surface area contributed by atoms with Gasteiger partial charge in [0, 0.05) is 24.5 Å². The molecule has 2 N–H and O–H groups in total. The zero-order valence-corrected chi connectivity index (χ0v) is 12.5. The van der Waals surface area contributed by atoms with Gasteiger partial charge in [0.1, 0.15) is 5.75 Å². The third kappa shape index (κ3) is 5.30. The number of amides is 2. The molecule has 0 aliphatic carbocycles. The number of benzene rings is 1. The molecule has 0 bridgehead atoms. The van der Waals surface area contributed by atoms with Crippen LogP contribution in [0.2, 0.25) is 0 Å². The van der Waals surface area contributed by atoms with Crippen LogP contribution in [0.25, 0.3) is 0 Å². The van der Waals surface area contributed by atoms with Gasteiger partial charge in [-0.25, -0.2) is 0 Å². The second-order valence-electron chi connectivity index (χ2n) is 3.94. The van der Waals surface area contributed by atoms with E-state index < -0.39 is 0 Å². The van der Waals surface area contributed by atoms with Gasteiger partial charge in [-0.15, -0.1) is 0 Å². The number of halogens is 1. The topological polar surface area (TPSA) is 67.4 Å². The third-order valence-corrected chi connectivity index (χ3v) is 2.91. The fraction of sp³-hybridized carbons (Fsp3) is 0.385. The first-order valence-electron chi connectivity index (χ1n) is 5.90. The summed E-state index contributed by atoms with van der Waals surface area (Å²) in [4.78, 5) is 22.6. The highest BCUT2D eigenvalue weighted by atomic mass is 79.9.